The highest BCUT2D eigenvalue weighted by atomic mass is 35.5. The minimum absolute atomic E-state index is 0.0785. The molecule has 2 amide bonds. The molecule has 1 aliphatic rings. The van der Waals surface area contributed by atoms with Gasteiger partial charge < -0.3 is 14.5 Å². The highest BCUT2D eigenvalue weighted by Crippen LogP contribution is 2.23. The molecule has 0 radical (unpaired) electrons. The van der Waals surface area contributed by atoms with Crippen molar-refractivity contribution >= 4 is 41.0 Å². The Kier molecular flexibility index (Phi) is 7.08. The summed E-state index contributed by atoms with van der Waals surface area (Å²) in [6.45, 7) is 3.78. The van der Waals surface area contributed by atoms with E-state index in [1.54, 1.807) is 34.9 Å². The van der Waals surface area contributed by atoms with Gasteiger partial charge in [0.25, 0.3) is 5.91 Å². The first-order valence-corrected chi connectivity index (χ1v) is 8.85. The number of amides is 2. The molecule has 0 unspecified atom stereocenters. The summed E-state index contributed by atoms with van der Waals surface area (Å²) in [6, 6.07) is 4.77. The van der Waals surface area contributed by atoms with Crippen LogP contribution in [-0.4, -0.2) is 60.4 Å². The van der Waals surface area contributed by atoms with Crippen molar-refractivity contribution in [1.29, 1.82) is 0 Å². The number of halogens is 2. The normalized spacial score (nSPS) is 14.4. The third-order valence-electron chi connectivity index (χ3n) is 3.93. The lowest BCUT2D eigenvalue weighted by Crippen LogP contribution is -2.50. The van der Waals surface area contributed by atoms with Crippen molar-refractivity contribution in [1.82, 2.24) is 9.80 Å². The topological polar surface area (TPSA) is 66.9 Å². The first kappa shape index (κ1) is 19.5. The predicted molar refractivity (Wildman–Crippen MR) is 94.8 cm³/mol. The van der Waals surface area contributed by atoms with Crippen molar-refractivity contribution < 1.29 is 19.1 Å². The molecule has 1 aromatic rings. The summed E-state index contributed by atoms with van der Waals surface area (Å²) in [5, 5.41) is 0.732. The number of hydrogen-bond acceptors (Lipinski definition) is 4. The largest absolute Gasteiger partial charge is 0.466 e. The Bertz CT molecular complexity index is 658. The zero-order valence-corrected chi connectivity index (χ0v) is 15.5. The Morgan fingerprint density at radius 2 is 1.64 bits per heavy atom. The molecule has 0 saturated carbocycles. The number of piperazine rings is 1. The Morgan fingerprint density at radius 1 is 1.00 bits per heavy atom. The first-order chi connectivity index (χ1) is 11.9. The van der Waals surface area contributed by atoms with Crippen LogP contribution in [0.15, 0.2) is 18.2 Å². The zero-order chi connectivity index (χ0) is 18.4. The van der Waals surface area contributed by atoms with E-state index in [-0.39, 0.29) is 30.6 Å². The maximum absolute atomic E-state index is 12.5. The molecule has 0 N–H and O–H groups in total. The predicted octanol–water partition coefficient (Wildman–Crippen LogP) is 2.62. The number of nitrogens with zero attached hydrogens (tertiary/aromatic N) is 2. The summed E-state index contributed by atoms with van der Waals surface area (Å²) >= 11 is 11.8. The molecule has 1 saturated heterocycles. The molecule has 1 aromatic carbocycles. The molecule has 6 nitrogen and oxygen atoms in total. The molecule has 0 spiro atoms. The van der Waals surface area contributed by atoms with Crippen LogP contribution >= 0.6 is 23.2 Å². The maximum atomic E-state index is 12.5. The van der Waals surface area contributed by atoms with Crippen molar-refractivity contribution in [2.24, 2.45) is 0 Å². The van der Waals surface area contributed by atoms with Crippen LogP contribution in [0.2, 0.25) is 10.0 Å². The van der Waals surface area contributed by atoms with E-state index >= 15 is 0 Å². The van der Waals surface area contributed by atoms with Crippen LogP contribution in [0.4, 0.5) is 0 Å². The van der Waals surface area contributed by atoms with Gasteiger partial charge in [0.15, 0.2) is 0 Å². The second-order valence-electron chi connectivity index (χ2n) is 5.61. The summed E-state index contributed by atoms with van der Waals surface area (Å²) in [5.41, 5.74) is 0.469. The van der Waals surface area contributed by atoms with Crippen LogP contribution in [0.1, 0.15) is 30.1 Å². The lowest BCUT2D eigenvalue weighted by Gasteiger charge is -2.35. The van der Waals surface area contributed by atoms with Gasteiger partial charge in [-0.3, -0.25) is 14.4 Å². The summed E-state index contributed by atoms with van der Waals surface area (Å²) in [7, 11) is 0. The fourth-order valence-electron chi connectivity index (χ4n) is 2.57. The lowest BCUT2D eigenvalue weighted by atomic mass is 10.1. The van der Waals surface area contributed by atoms with E-state index in [0.29, 0.717) is 48.4 Å². The Balaban J connectivity index is 1.84. The van der Waals surface area contributed by atoms with Crippen molar-refractivity contribution in [3.63, 3.8) is 0 Å². The van der Waals surface area contributed by atoms with Gasteiger partial charge in [-0.25, -0.2) is 0 Å². The van der Waals surface area contributed by atoms with E-state index in [2.05, 4.69) is 0 Å². The molecule has 136 valence electrons. The van der Waals surface area contributed by atoms with E-state index in [0.717, 1.165) is 0 Å². The first-order valence-electron chi connectivity index (χ1n) is 8.10. The van der Waals surface area contributed by atoms with Crippen LogP contribution in [0.3, 0.4) is 0 Å². The van der Waals surface area contributed by atoms with Gasteiger partial charge in [-0.15, -0.1) is 0 Å². The number of carbonyl (C=O) groups is 3. The Labute approximate surface area is 156 Å². The Morgan fingerprint density at radius 3 is 2.24 bits per heavy atom. The van der Waals surface area contributed by atoms with Gasteiger partial charge in [0.1, 0.15) is 0 Å². The minimum atomic E-state index is -0.371. The van der Waals surface area contributed by atoms with Crippen molar-refractivity contribution in [3.05, 3.63) is 33.8 Å². The SMILES string of the molecule is CCOC(=O)CCC(=O)N1CCN(C(=O)c2ccc(Cl)c(Cl)c2)CC1. The molecule has 8 heteroatoms. The molecule has 0 aliphatic carbocycles. The van der Waals surface area contributed by atoms with E-state index < -0.39 is 0 Å². The fraction of sp³-hybridized carbons (Fsp3) is 0.471. The van der Waals surface area contributed by atoms with Crippen molar-refractivity contribution in [2.75, 3.05) is 32.8 Å². The van der Waals surface area contributed by atoms with Crippen molar-refractivity contribution in [2.45, 2.75) is 19.8 Å². The molecule has 2 rings (SSSR count). The third kappa shape index (κ3) is 5.34. The van der Waals surface area contributed by atoms with Gasteiger partial charge in [0.05, 0.1) is 23.1 Å². The van der Waals surface area contributed by atoms with Crippen LogP contribution in [-0.2, 0) is 14.3 Å². The second kappa shape index (κ2) is 9.06. The van der Waals surface area contributed by atoms with Crippen molar-refractivity contribution in [3.8, 4) is 0 Å². The van der Waals surface area contributed by atoms with Crippen LogP contribution in [0.25, 0.3) is 0 Å². The quantitative estimate of drug-likeness (QED) is 0.729. The average Bonchev–Trinajstić information content (AvgIpc) is 2.62. The van der Waals surface area contributed by atoms with Gasteiger partial charge in [-0.2, -0.15) is 0 Å². The second-order valence-corrected chi connectivity index (χ2v) is 6.42. The van der Waals surface area contributed by atoms with Gasteiger partial charge in [-0.1, -0.05) is 23.2 Å². The number of benzene rings is 1. The summed E-state index contributed by atoms with van der Waals surface area (Å²) < 4.78 is 4.81. The van der Waals surface area contributed by atoms with Crippen LogP contribution in [0.5, 0.6) is 0 Å². The van der Waals surface area contributed by atoms with Gasteiger partial charge >= 0.3 is 5.97 Å². The maximum Gasteiger partial charge on any atom is 0.306 e. The third-order valence-corrected chi connectivity index (χ3v) is 4.67. The van der Waals surface area contributed by atoms with Crippen LogP contribution < -0.4 is 0 Å². The number of ether oxygens (including phenoxy) is 1. The van der Waals surface area contributed by atoms with E-state index in [9.17, 15) is 14.4 Å². The minimum Gasteiger partial charge on any atom is -0.466 e. The fourth-order valence-corrected chi connectivity index (χ4v) is 2.87. The summed E-state index contributed by atoms with van der Waals surface area (Å²) in [4.78, 5) is 39.3. The molecule has 1 fully saturated rings. The molecule has 1 aliphatic heterocycles. The molecular weight excluding hydrogens is 367 g/mol. The molecular formula is C17H20Cl2N2O4. The molecule has 0 bridgehead atoms. The molecule has 1 heterocycles. The summed E-state index contributed by atoms with van der Waals surface area (Å²) in [6.07, 6.45) is 0.203. The number of esters is 1. The number of rotatable bonds is 5. The van der Waals surface area contributed by atoms with E-state index in [4.69, 9.17) is 27.9 Å². The molecule has 0 atom stereocenters. The van der Waals surface area contributed by atoms with Gasteiger partial charge in [0.2, 0.25) is 5.91 Å². The number of hydrogen-bond donors (Lipinski definition) is 0. The summed E-state index contributed by atoms with van der Waals surface area (Å²) in [5.74, 6) is -0.615. The highest BCUT2D eigenvalue weighted by Gasteiger charge is 2.25. The highest BCUT2D eigenvalue weighted by molar-refractivity contribution is 6.42. The smallest absolute Gasteiger partial charge is 0.306 e. The van der Waals surface area contributed by atoms with Crippen LogP contribution in [0, 0.1) is 0 Å². The monoisotopic (exact) mass is 386 g/mol. The zero-order valence-electron chi connectivity index (χ0n) is 14.0. The van der Waals surface area contributed by atoms with Gasteiger partial charge in [-0.05, 0) is 25.1 Å². The number of carbonyl (C=O) groups excluding carboxylic acids is 3. The Hall–Kier alpha value is -1.79. The molecule has 0 aromatic heterocycles. The van der Waals surface area contributed by atoms with Gasteiger partial charge in [0, 0.05) is 38.2 Å². The van der Waals surface area contributed by atoms with E-state index in [1.165, 1.54) is 0 Å². The standard InChI is InChI=1S/C17H20Cl2N2O4/c1-2-25-16(23)6-5-15(22)20-7-9-21(10-8-20)17(24)12-3-4-13(18)14(19)11-12/h3-4,11H,2,5-10H2,1H3. The molecule has 25 heavy (non-hydrogen) atoms. The van der Waals surface area contributed by atoms with E-state index in [1.807, 2.05) is 0 Å². The average molecular weight is 387 g/mol. The lowest BCUT2D eigenvalue weighted by molar-refractivity contribution is -0.146.